The molecule has 1 fully saturated rings. The molecule has 0 aromatic heterocycles. The maximum atomic E-state index is 13.2. The molecule has 2 atom stereocenters. The number of nitriles is 1. The molecule has 19 heavy (non-hydrogen) atoms. The Balaban J connectivity index is 2.45. The van der Waals surface area contributed by atoms with Crippen molar-refractivity contribution in [3.8, 4) is 6.07 Å². The minimum Gasteiger partial charge on any atom is -0.323 e. The molecule has 0 radical (unpaired) electrons. The molecular formula is C13H23FN4O. The number of likely N-dealkylation sites (N-methyl/N-ethyl adjacent to an activating group) is 1. The lowest BCUT2D eigenvalue weighted by atomic mass is 10.1. The summed E-state index contributed by atoms with van der Waals surface area (Å²) in [4.78, 5) is 13.3. The SMILES string of the molecule is CCNCC(C)(C)NCC(=O)N1C[C@@H](F)C[C@H]1C#N. The third-order valence-electron chi connectivity index (χ3n) is 3.25. The Morgan fingerprint density at radius 1 is 1.58 bits per heavy atom. The van der Waals surface area contributed by atoms with Crippen LogP contribution in [-0.4, -0.2) is 54.7 Å². The predicted octanol–water partition coefficient (Wildman–Crippen LogP) is 0.427. The summed E-state index contributed by atoms with van der Waals surface area (Å²) >= 11 is 0. The maximum Gasteiger partial charge on any atom is 0.237 e. The Hall–Kier alpha value is -1.19. The van der Waals surface area contributed by atoms with Gasteiger partial charge in [0.1, 0.15) is 12.2 Å². The highest BCUT2D eigenvalue weighted by Gasteiger charge is 2.35. The molecule has 1 amide bonds. The molecule has 0 unspecified atom stereocenters. The third kappa shape index (κ3) is 4.77. The summed E-state index contributed by atoms with van der Waals surface area (Å²) in [7, 11) is 0. The molecule has 1 heterocycles. The highest BCUT2D eigenvalue weighted by Crippen LogP contribution is 2.19. The summed E-state index contributed by atoms with van der Waals surface area (Å²) in [5.41, 5.74) is -0.220. The molecule has 0 saturated carbocycles. The monoisotopic (exact) mass is 270 g/mol. The van der Waals surface area contributed by atoms with E-state index in [1.807, 2.05) is 26.8 Å². The van der Waals surface area contributed by atoms with Crippen LogP contribution in [0.25, 0.3) is 0 Å². The van der Waals surface area contributed by atoms with E-state index in [0.717, 1.165) is 13.1 Å². The lowest BCUT2D eigenvalue weighted by Gasteiger charge is -2.28. The fourth-order valence-electron chi connectivity index (χ4n) is 2.10. The van der Waals surface area contributed by atoms with Crippen LogP contribution in [0.4, 0.5) is 4.39 Å². The van der Waals surface area contributed by atoms with Crippen LogP contribution in [0.1, 0.15) is 27.2 Å². The Labute approximate surface area is 114 Å². The first-order valence-corrected chi connectivity index (χ1v) is 6.68. The Morgan fingerprint density at radius 2 is 2.26 bits per heavy atom. The number of halogens is 1. The molecule has 1 saturated heterocycles. The highest BCUT2D eigenvalue weighted by atomic mass is 19.1. The number of rotatable bonds is 6. The van der Waals surface area contributed by atoms with Crippen molar-refractivity contribution in [3.05, 3.63) is 0 Å². The molecule has 0 aromatic rings. The van der Waals surface area contributed by atoms with Gasteiger partial charge in [-0.2, -0.15) is 5.26 Å². The lowest BCUT2D eigenvalue weighted by molar-refractivity contribution is -0.130. The number of hydrogen-bond donors (Lipinski definition) is 2. The van der Waals surface area contributed by atoms with E-state index >= 15 is 0 Å². The van der Waals surface area contributed by atoms with Crippen molar-refractivity contribution < 1.29 is 9.18 Å². The molecule has 5 nitrogen and oxygen atoms in total. The number of carbonyl (C=O) groups excluding carboxylic acids is 1. The zero-order valence-electron chi connectivity index (χ0n) is 11.9. The first-order chi connectivity index (χ1) is 8.89. The molecule has 108 valence electrons. The van der Waals surface area contributed by atoms with Gasteiger partial charge in [-0.1, -0.05) is 6.92 Å². The number of nitrogens with zero attached hydrogens (tertiary/aromatic N) is 2. The summed E-state index contributed by atoms with van der Waals surface area (Å²) in [6.45, 7) is 7.77. The van der Waals surface area contributed by atoms with Crippen LogP contribution in [0, 0.1) is 11.3 Å². The zero-order valence-corrected chi connectivity index (χ0v) is 11.9. The number of carbonyl (C=O) groups is 1. The minimum absolute atomic E-state index is 0.0341. The van der Waals surface area contributed by atoms with Gasteiger partial charge in [-0.15, -0.1) is 0 Å². The van der Waals surface area contributed by atoms with E-state index < -0.39 is 12.2 Å². The summed E-state index contributed by atoms with van der Waals surface area (Å²) in [6.07, 6.45) is -0.952. The van der Waals surface area contributed by atoms with Gasteiger partial charge in [-0.25, -0.2) is 4.39 Å². The molecule has 0 bridgehead atoms. The summed E-state index contributed by atoms with van der Waals surface area (Å²) < 4.78 is 13.2. The van der Waals surface area contributed by atoms with Crippen molar-refractivity contribution in [1.29, 1.82) is 5.26 Å². The molecule has 2 N–H and O–H groups in total. The molecule has 0 aromatic carbocycles. The van der Waals surface area contributed by atoms with E-state index in [0.29, 0.717) is 0 Å². The second kappa shape index (κ2) is 6.83. The molecule has 1 aliphatic rings. The van der Waals surface area contributed by atoms with Gasteiger partial charge in [0, 0.05) is 18.5 Å². The van der Waals surface area contributed by atoms with Gasteiger partial charge in [0.05, 0.1) is 19.2 Å². The first-order valence-electron chi connectivity index (χ1n) is 6.68. The van der Waals surface area contributed by atoms with Crippen LogP contribution in [0.2, 0.25) is 0 Å². The second-order valence-corrected chi connectivity index (χ2v) is 5.54. The van der Waals surface area contributed by atoms with Crippen molar-refractivity contribution in [1.82, 2.24) is 15.5 Å². The van der Waals surface area contributed by atoms with Gasteiger partial charge >= 0.3 is 0 Å². The molecule has 1 aliphatic heterocycles. The Morgan fingerprint density at radius 3 is 2.84 bits per heavy atom. The quantitative estimate of drug-likeness (QED) is 0.734. The second-order valence-electron chi connectivity index (χ2n) is 5.54. The molecule has 0 aliphatic carbocycles. The van der Waals surface area contributed by atoms with Gasteiger partial charge in [-0.05, 0) is 20.4 Å². The van der Waals surface area contributed by atoms with Crippen LogP contribution >= 0.6 is 0 Å². The van der Waals surface area contributed by atoms with E-state index in [9.17, 15) is 9.18 Å². The highest BCUT2D eigenvalue weighted by molar-refractivity contribution is 5.79. The van der Waals surface area contributed by atoms with Crippen molar-refractivity contribution in [3.63, 3.8) is 0 Å². The van der Waals surface area contributed by atoms with Gasteiger partial charge in [0.15, 0.2) is 0 Å². The fraction of sp³-hybridized carbons (Fsp3) is 0.846. The molecule has 1 rings (SSSR count). The topological polar surface area (TPSA) is 68.2 Å². The van der Waals surface area contributed by atoms with Gasteiger partial charge in [0.2, 0.25) is 5.91 Å². The number of alkyl halides is 1. The fourth-order valence-corrected chi connectivity index (χ4v) is 2.10. The third-order valence-corrected chi connectivity index (χ3v) is 3.25. The van der Waals surface area contributed by atoms with E-state index in [2.05, 4.69) is 10.6 Å². The van der Waals surface area contributed by atoms with E-state index in [1.165, 1.54) is 4.90 Å². The van der Waals surface area contributed by atoms with Crippen molar-refractivity contribution in [2.75, 3.05) is 26.2 Å². The van der Waals surface area contributed by atoms with E-state index in [-0.39, 0.29) is 31.0 Å². The number of amides is 1. The van der Waals surface area contributed by atoms with E-state index in [1.54, 1.807) is 0 Å². The maximum absolute atomic E-state index is 13.2. The molecule has 0 spiro atoms. The van der Waals surface area contributed by atoms with Crippen LogP contribution in [0.5, 0.6) is 0 Å². The minimum atomic E-state index is -1.08. The van der Waals surface area contributed by atoms with Crippen molar-refractivity contribution in [2.45, 2.75) is 44.9 Å². The number of hydrogen-bond acceptors (Lipinski definition) is 4. The van der Waals surface area contributed by atoms with Crippen LogP contribution in [0.3, 0.4) is 0 Å². The normalized spacial score (nSPS) is 23.4. The first kappa shape index (κ1) is 15.9. The molecular weight excluding hydrogens is 247 g/mol. The van der Waals surface area contributed by atoms with Crippen molar-refractivity contribution >= 4 is 5.91 Å². The number of likely N-dealkylation sites (tertiary alicyclic amines) is 1. The smallest absolute Gasteiger partial charge is 0.237 e. The predicted molar refractivity (Wildman–Crippen MR) is 71.3 cm³/mol. The Kier molecular flexibility index (Phi) is 5.70. The van der Waals surface area contributed by atoms with Gasteiger partial charge in [-0.3, -0.25) is 4.79 Å². The van der Waals surface area contributed by atoms with Gasteiger partial charge in [0.25, 0.3) is 0 Å². The van der Waals surface area contributed by atoms with E-state index in [4.69, 9.17) is 5.26 Å². The average Bonchev–Trinajstić information content (AvgIpc) is 2.75. The summed E-state index contributed by atoms with van der Waals surface area (Å²) in [5, 5.41) is 15.3. The summed E-state index contributed by atoms with van der Waals surface area (Å²) in [6, 6.07) is 1.36. The van der Waals surface area contributed by atoms with Crippen LogP contribution in [0.15, 0.2) is 0 Å². The van der Waals surface area contributed by atoms with Crippen molar-refractivity contribution in [2.24, 2.45) is 0 Å². The average molecular weight is 270 g/mol. The summed E-state index contributed by atoms with van der Waals surface area (Å²) in [5.74, 6) is -0.212. The number of nitrogens with one attached hydrogen (secondary N) is 2. The Bertz CT molecular complexity index is 353. The molecule has 6 heteroatoms. The lowest BCUT2D eigenvalue weighted by Crippen LogP contribution is -2.52. The van der Waals surface area contributed by atoms with Crippen LogP contribution in [-0.2, 0) is 4.79 Å². The van der Waals surface area contributed by atoms with Gasteiger partial charge < -0.3 is 15.5 Å². The standard InChI is InChI=1S/C13H23FN4O/c1-4-16-9-13(2,3)17-7-12(19)18-8-10(14)5-11(18)6-15/h10-11,16-17H,4-5,7-9H2,1-3H3/t10-,11-/m0/s1. The van der Waals surface area contributed by atoms with Crippen LogP contribution < -0.4 is 10.6 Å². The largest absolute Gasteiger partial charge is 0.323 e. The zero-order chi connectivity index (χ0) is 14.5.